The van der Waals surface area contributed by atoms with Crippen LogP contribution in [0.1, 0.15) is 5.56 Å². The molecule has 3 aromatic rings. The standard InChI is InChI=1S/C23H22N4O5S2/c1-29-17-5-7-18(8-6-17)31-10-11-32-19-9-4-15(13-20(19)30-2)12-16(14-24)21(28)25-22-26-23(33-3)27-34-22/h4-9,12-13H,10-11H2,1-3H3,(H,25,26,27,28)/b16-12-. The van der Waals surface area contributed by atoms with E-state index in [1.165, 1.54) is 24.9 Å². The van der Waals surface area contributed by atoms with E-state index in [1.807, 2.05) is 36.6 Å². The van der Waals surface area contributed by atoms with Gasteiger partial charge in [-0.15, -0.1) is 0 Å². The second kappa shape index (κ2) is 12.5. The molecule has 1 heterocycles. The molecule has 0 aliphatic carbocycles. The summed E-state index contributed by atoms with van der Waals surface area (Å²) in [5.41, 5.74) is 0.525. The summed E-state index contributed by atoms with van der Waals surface area (Å²) in [6, 6.07) is 14.3. The molecule has 1 amide bonds. The zero-order chi connectivity index (χ0) is 24.3. The number of nitrogens with one attached hydrogen (secondary N) is 1. The molecule has 34 heavy (non-hydrogen) atoms. The van der Waals surface area contributed by atoms with Gasteiger partial charge in [0, 0.05) is 11.5 Å². The van der Waals surface area contributed by atoms with Crippen LogP contribution in [0.3, 0.4) is 0 Å². The molecular weight excluding hydrogens is 476 g/mol. The van der Waals surface area contributed by atoms with Gasteiger partial charge in [-0.05, 0) is 54.3 Å². The van der Waals surface area contributed by atoms with Crippen molar-refractivity contribution in [2.45, 2.75) is 5.16 Å². The predicted molar refractivity (Wildman–Crippen MR) is 131 cm³/mol. The molecule has 2 aromatic carbocycles. The quantitative estimate of drug-likeness (QED) is 0.179. The molecule has 0 unspecified atom stereocenters. The van der Waals surface area contributed by atoms with Gasteiger partial charge < -0.3 is 18.9 Å². The number of nitrogens with zero attached hydrogens (tertiary/aromatic N) is 3. The average molecular weight is 499 g/mol. The Morgan fingerprint density at radius 3 is 2.47 bits per heavy atom. The van der Waals surface area contributed by atoms with Gasteiger partial charge in [0.1, 0.15) is 36.4 Å². The Balaban J connectivity index is 1.60. The van der Waals surface area contributed by atoms with Gasteiger partial charge in [0.05, 0.1) is 14.2 Å². The molecular formula is C23H22N4O5S2. The van der Waals surface area contributed by atoms with Gasteiger partial charge in [0.2, 0.25) is 10.3 Å². The molecule has 11 heteroatoms. The van der Waals surface area contributed by atoms with Gasteiger partial charge in [-0.3, -0.25) is 10.1 Å². The minimum absolute atomic E-state index is 0.0792. The molecule has 0 fully saturated rings. The number of hydrogen-bond donors (Lipinski definition) is 1. The lowest BCUT2D eigenvalue weighted by Crippen LogP contribution is -2.13. The Morgan fingerprint density at radius 1 is 1.09 bits per heavy atom. The Kier molecular flexibility index (Phi) is 9.13. The maximum Gasteiger partial charge on any atom is 0.268 e. The lowest BCUT2D eigenvalue weighted by Gasteiger charge is -2.12. The zero-order valence-electron chi connectivity index (χ0n) is 18.7. The summed E-state index contributed by atoms with van der Waals surface area (Å²) in [4.78, 5) is 16.6. The van der Waals surface area contributed by atoms with Crippen molar-refractivity contribution in [1.82, 2.24) is 9.36 Å². The number of carbonyl (C=O) groups is 1. The van der Waals surface area contributed by atoms with E-state index in [0.29, 0.717) is 46.3 Å². The molecule has 9 nitrogen and oxygen atoms in total. The van der Waals surface area contributed by atoms with Crippen molar-refractivity contribution in [1.29, 1.82) is 5.26 Å². The third-order valence-corrected chi connectivity index (χ3v) is 5.64. The molecule has 0 spiro atoms. The minimum Gasteiger partial charge on any atom is -0.497 e. The Labute approximate surface area is 205 Å². The van der Waals surface area contributed by atoms with Gasteiger partial charge >= 0.3 is 0 Å². The second-order valence-corrected chi connectivity index (χ2v) is 8.02. The first-order valence-corrected chi connectivity index (χ1v) is 11.9. The summed E-state index contributed by atoms with van der Waals surface area (Å²) < 4.78 is 26.0. The average Bonchev–Trinajstić information content (AvgIpc) is 3.33. The number of rotatable bonds is 11. The topological polar surface area (TPSA) is 116 Å². The fourth-order valence-corrected chi connectivity index (χ4v) is 3.82. The summed E-state index contributed by atoms with van der Waals surface area (Å²) in [5.74, 6) is 1.87. The highest BCUT2D eigenvalue weighted by Crippen LogP contribution is 2.29. The molecule has 0 saturated heterocycles. The largest absolute Gasteiger partial charge is 0.497 e. The molecule has 0 aliphatic heterocycles. The van der Waals surface area contributed by atoms with Crippen LogP contribution >= 0.6 is 23.3 Å². The fraction of sp³-hybridized carbons (Fsp3) is 0.217. The predicted octanol–water partition coefficient (Wildman–Crippen LogP) is 4.28. The first-order valence-electron chi connectivity index (χ1n) is 9.94. The third-order valence-electron chi connectivity index (χ3n) is 4.34. The van der Waals surface area contributed by atoms with Crippen LogP contribution in [0, 0.1) is 11.3 Å². The van der Waals surface area contributed by atoms with Gasteiger partial charge in [-0.1, -0.05) is 17.8 Å². The van der Waals surface area contributed by atoms with Crippen LogP contribution in [0.4, 0.5) is 5.13 Å². The highest BCUT2D eigenvalue weighted by molar-refractivity contribution is 7.98. The number of ether oxygens (including phenoxy) is 4. The van der Waals surface area contributed by atoms with E-state index < -0.39 is 5.91 Å². The normalized spacial score (nSPS) is 10.8. The van der Waals surface area contributed by atoms with Crippen LogP contribution < -0.4 is 24.3 Å². The summed E-state index contributed by atoms with van der Waals surface area (Å²) in [6.07, 6.45) is 3.30. The van der Waals surface area contributed by atoms with E-state index in [0.717, 1.165) is 17.3 Å². The van der Waals surface area contributed by atoms with Gasteiger partial charge in [0.25, 0.3) is 5.91 Å². The number of anilines is 1. The molecule has 0 bridgehead atoms. The third kappa shape index (κ3) is 6.87. The number of nitriles is 1. The van der Waals surface area contributed by atoms with Crippen LogP contribution in [0.15, 0.2) is 53.2 Å². The van der Waals surface area contributed by atoms with Crippen molar-refractivity contribution < 1.29 is 23.7 Å². The highest BCUT2D eigenvalue weighted by atomic mass is 32.2. The van der Waals surface area contributed by atoms with Crippen molar-refractivity contribution in [2.24, 2.45) is 0 Å². The first kappa shape index (κ1) is 24.9. The van der Waals surface area contributed by atoms with E-state index in [2.05, 4.69) is 14.7 Å². The molecule has 0 radical (unpaired) electrons. The van der Waals surface area contributed by atoms with Crippen molar-refractivity contribution in [3.8, 4) is 29.1 Å². The number of thioether (sulfide) groups is 1. The number of benzene rings is 2. The SMILES string of the molecule is COc1ccc(OCCOc2ccc(/C=C(/C#N)C(=O)Nc3nc(SC)ns3)cc2OC)cc1. The smallest absolute Gasteiger partial charge is 0.268 e. The minimum atomic E-state index is -0.568. The molecule has 0 saturated carbocycles. The fourth-order valence-electron chi connectivity index (χ4n) is 2.70. The maximum atomic E-state index is 12.4. The number of amides is 1. The number of hydrogen-bond acceptors (Lipinski definition) is 10. The highest BCUT2D eigenvalue weighted by Gasteiger charge is 2.13. The van der Waals surface area contributed by atoms with Crippen LogP contribution in [0.5, 0.6) is 23.0 Å². The molecule has 1 N–H and O–H groups in total. The van der Waals surface area contributed by atoms with E-state index in [1.54, 1.807) is 25.3 Å². The first-order chi connectivity index (χ1) is 16.6. The zero-order valence-corrected chi connectivity index (χ0v) is 20.4. The van der Waals surface area contributed by atoms with Gasteiger partial charge in [0.15, 0.2) is 11.5 Å². The summed E-state index contributed by atoms with van der Waals surface area (Å²) in [5, 5.41) is 12.9. The number of aromatic nitrogens is 2. The molecule has 3 rings (SSSR count). The number of carbonyl (C=O) groups excluding carboxylic acids is 1. The lowest BCUT2D eigenvalue weighted by atomic mass is 10.1. The summed E-state index contributed by atoms with van der Waals surface area (Å²) >= 11 is 2.42. The van der Waals surface area contributed by atoms with E-state index in [9.17, 15) is 10.1 Å². The van der Waals surface area contributed by atoms with E-state index in [4.69, 9.17) is 18.9 Å². The van der Waals surface area contributed by atoms with Crippen LogP contribution in [0.25, 0.3) is 6.08 Å². The lowest BCUT2D eigenvalue weighted by molar-refractivity contribution is -0.112. The summed E-state index contributed by atoms with van der Waals surface area (Å²) in [7, 11) is 3.12. The maximum absolute atomic E-state index is 12.4. The van der Waals surface area contributed by atoms with Gasteiger partial charge in [-0.2, -0.15) is 14.6 Å². The van der Waals surface area contributed by atoms with Crippen molar-refractivity contribution in [3.05, 3.63) is 53.6 Å². The Hall–Kier alpha value is -3.75. The van der Waals surface area contributed by atoms with E-state index in [-0.39, 0.29) is 5.57 Å². The molecule has 1 aromatic heterocycles. The number of methoxy groups -OCH3 is 2. The molecule has 176 valence electrons. The van der Waals surface area contributed by atoms with Crippen molar-refractivity contribution >= 4 is 40.4 Å². The molecule has 0 atom stereocenters. The van der Waals surface area contributed by atoms with Crippen molar-refractivity contribution in [2.75, 3.05) is 39.0 Å². The van der Waals surface area contributed by atoms with Crippen LogP contribution in [-0.2, 0) is 4.79 Å². The van der Waals surface area contributed by atoms with Crippen LogP contribution in [-0.4, -0.2) is 49.0 Å². The Bertz CT molecular complexity index is 1190. The monoisotopic (exact) mass is 498 g/mol. The van der Waals surface area contributed by atoms with Crippen molar-refractivity contribution in [3.63, 3.8) is 0 Å². The van der Waals surface area contributed by atoms with Gasteiger partial charge in [-0.25, -0.2) is 0 Å². The molecule has 0 aliphatic rings. The van der Waals surface area contributed by atoms with E-state index >= 15 is 0 Å². The Morgan fingerprint density at radius 2 is 1.82 bits per heavy atom. The van der Waals surface area contributed by atoms with Crippen LogP contribution in [0.2, 0.25) is 0 Å². The second-order valence-electron chi connectivity index (χ2n) is 6.49. The summed E-state index contributed by atoms with van der Waals surface area (Å²) in [6.45, 7) is 0.628.